The zero-order valence-electron chi connectivity index (χ0n) is 7.91. The van der Waals surface area contributed by atoms with Gasteiger partial charge >= 0.3 is 5.97 Å². The first-order chi connectivity index (χ1) is 7.13. The minimum absolute atomic E-state index is 0.153. The average molecular weight is 273 g/mol. The molecule has 1 rings (SSSR count). The second-order valence-electron chi connectivity index (χ2n) is 2.98. The second-order valence-corrected chi connectivity index (χ2v) is 3.63. The number of halogens is 2. The summed E-state index contributed by atoms with van der Waals surface area (Å²) in [7, 11) is 0. The van der Waals surface area contributed by atoms with Crippen LogP contribution in [0.1, 0.15) is 11.1 Å². The smallest absolute Gasteiger partial charge is 0.307 e. The fourth-order valence-corrected chi connectivity index (χ4v) is 1.35. The molecule has 0 aliphatic carbocycles. The summed E-state index contributed by atoms with van der Waals surface area (Å²) in [4.78, 5) is 10.4. The lowest BCUT2D eigenvalue weighted by molar-refractivity contribution is -0.136. The molecule has 0 bridgehead atoms. The zero-order valence-corrected chi connectivity index (χ0v) is 9.50. The molecule has 0 aliphatic rings. The molecule has 0 atom stereocenters. The van der Waals surface area contributed by atoms with Gasteiger partial charge in [-0.05, 0) is 11.6 Å². The van der Waals surface area contributed by atoms with E-state index in [9.17, 15) is 9.18 Å². The van der Waals surface area contributed by atoms with E-state index in [0.717, 1.165) is 0 Å². The Balaban J connectivity index is 2.87. The summed E-state index contributed by atoms with van der Waals surface area (Å²) in [6.07, 6.45) is 3.27. The largest absolute Gasteiger partial charge is 0.481 e. The number of hydrogen-bond donors (Lipinski definition) is 1. The van der Waals surface area contributed by atoms with Gasteiger partial charge in [-0.25, -0.2) is 4.39 Å². The SMILES string of the molecule is O=C(O)Cc1ccc(C=CCBr)c(F)c1. The van der Waals surface area contributed by atoms with Crippen LogP contribution in [-0.4, -0.2) is 16.4 Å². The lowest BCUT2D eigenvalue weighted by Crippen LogP contribution is -2.00. The number of benzene rings is 1. The molecule has 0 spiro atoms. The van der Waals surface area contributed by atoms with Crippen molar-refractivity contribution in [2.45, 2.75) is 6.42 Å². The number of carboxylic acids is 1. The van der Waals surface area contributed by atoms with Gasteiger partial charge in [0, 0.05) is 10.9 Å². The zero-order chi connectivity index (χ0) is 11.3. The van der Waals surface area contributed by atoms with E-state index in [1.807, 2.05) is 0 Å². The van der Waals surface area contributed by atoms with Crippen LogP contribution in [0.25, 0.3) is 6.08 Å². The number of allylic oxidation sites excluding steroid dienone is 1. The molecule has 1 N–H and O–H groups in total. The Bertz CT molecular complexity index is 388. The van der Waals surface area contributed by atoms with Crippen molar-refractivity contribution >= 4 is 28.0 Å². The quantitative estimate of drug-likeness (QED) is 0.856. The van der Waals surface area contributed by atoms with Gasteiger partial charge in [0.25, 0.3) is 0 Å². The van der Waals surface area contributed by atoms with Crippen LogP contribution in [0.2, 0.25) is 0 Å². The van der Waals surface area contributed by atoms with Crippen molar-refractivity contribution in [2.75, 3.05) is 5.33 Å². The van der Waals surface area contributed by atoms with Gasteiger partial charge < -0.3 is 5.11 Å². The van der Waals surface area contributed by atoms with Crippen molar-refractivity contribution in [2.24, 2.45) is 0 Å². The van der Waals surface area contributed by atoms with Crippen molar-refractivity contribution in [3.63, 3.8) is 0 Å². The molecule has 0 unspecified atom stereocenters. The summed E-state index contributed by atoms with van der Waals surface area (Å²) in [6, 6.07) is 4.44. The highest BCUT2D eigenvalue weighted by atomic mass is 79.9. The minimum Gasteiger partial charge on any atom is -0.481 e. The molecule has 2 nitrogen and oxygen atoms in total. The predicted octanol–water partition coefficient (Wildman–Crippen LogP) is 2.86. The molecule has 0 heterocycles. The van der Waals surface area contributed by atoms with Gasteiger partial charge in [0.05, 0.1) is 6.42 Å². The summed E-state index contributed by atoms with van der Waals surface area (Å²) in [5.41, 5.74) is 0.930. The van der Waals surface area contributed by atoms with Gasteiger partial charge in [-0.15, -0.1) is 0 Å². The second kappa shape index (κ2) is 5.66. The highest BCUT2D eigenvalue weighted by Gasteiger charge is 2.04. The van der Waals surface area contributed by atoms with Gasteiger partial charge in [0.2, 0.25) is 0 Å². The number of alkyl halides is 1. The molecule has 0 saturated carbocycles. The third-order valence-electron chi connectivity index (χ3n) is 1.81. The Morgan fingerprint density at radius 2 is 2.27 bits per heavy atom. The number of hydrogen-bond acceptors (Lipinski definition) is 1. The Hall–Kier alpha value is -1.16. The van der Waals surface area contributed by atoms with E-state index < -0.39 is 11.8 Å². The Labute approximate surface area is 95.6 Å². The van der Waals surface area contributed by atoms with E-state index in [-0.39, 0.29) is 6.42 Å². The van der Waals surface area contributed by atoms with Crippen LogP contribution in [0.4, 0.5) is 4.39 Å². The fourth-order valence-electron chi connectivity index (χ4n) is 1.16. The molecule has 0 amide bonds. The number of rotatable bonds is 4. The molecule has 1 aromatic rings. The molecular formula is C11H10BrFO2. The number of carboxylic acid groups (broad SMARTS) is 1. The molecule has 80 valence electrons. The van der Waals surface area contributed by atoms with Gasteiger partial charge in [-0.3, -0.25) is 4.79 Å². The molecule has 0 aliphatic heterocycles. The van der Waals surface area contributed by atoms with Crippen LogP contribution in [0, 0.1) is 5.82 Å². The number of carbonyl (C=O) groups is 1. The molecule has 15 heavy (non-hydrogen) atoms. The van der Waals surface area contributed by atoms with Crippen LogP contribution in [0.5, 0.6) is 0 Å². The first-order valence-electron chi connectivity index (χ1n) is 4.36. The van der Waals surface area contributed by atoms with E-state index in [1.165, 1.54) is 6.07 Å². The minimum atomic E-state index is -0.960. The molecule has 1 aromatic carbocycles. The summed E-state index contributed by atoms with van der Waals surface area (Å²) >= 11 is 3.19. The molecule has 0 fully saturated rings. The monoisotopic (exact) mass is 272 g/mol. The molecule has 4 heteroatoms. The topological polar surface area (TPSA) is 37.3 Å². The maximum atomic E-state index is 13.4. The Kier molecular flexibility index (Phi) is 4.49. The summed E-state index contributed by atoms with van der Waals surface area (Å²) < 4.78 is 13.4. The Morgan fingerprint density at radius 1 is 1.53 bits per heavy atom. The van der Waals surface area contributed by atoms with Gasteiger partial charge in [0.15, 0.2) is 0 Å². The first-order valence-corrected chi connectivity index (χ1v) is 5.48. The summed E-state index contributed by atoms with van der Waals surface area (Å²) in [5, 5.41) is 9.18. The predicted molar refractivity (Wildman–Crippen MR) is 60.6 cm³/mol. The fraction of sp³-hybridized carbons (Fsp3) is 0.182. The van der Waals surface area contributed by atoms with Crippen LogP contribution in [-0.2, 0) is 11.2 Å². The normalized spacial score (nSPS) is 10.8. The van der Waals surface area contributed by atoms with E-state index >= 15 is 0 Å². The molecule has 0 radical (unpaired) electrons. The standard InChI is InChI=1S/C11H10BrFO2/c12-5-1-2-9-4-3-8(6-10(9)13)7-11(14)15/h1-4,6H,5,7H2,(H,14,15). The van der Waals surface area contributed by atoms with Crippen molar-refractivity contribution in [1.29, 1.82) is 0 Å². The van der Waals surface area contributed by atoms with Crippen molar-refractivity contribution in [3.05, 3.63) is 41.2 Å². The van der Waals surface area contributed by atoms with Gasteiger partial charge in [-0.1, -0.05) is 40.2 Å². The van der Waals surface area contributed by atoms with E-state index in [2.05, 4.69) is 15.9 Å². The van der Waals surface area contributed by atoms with E-state index in [1.54, 1.807) is 24.3 Å². The van der Waals surface area contributed by atoms with Crippen LogP contribution >= 0.6 is 15.9 Å². The van der Waals surface area contributed by atoms with Crippen molar-refractivity contribution in [3.8, 4) is 0 Å². The number of aliphatic carboxylic acids is 1. The lowest BCUT2D eigenvalue weighted by atomic mass is 10.1. The van der Waals surface area contributed by atoms with Gasteiger partial charge in [-0.2, -0.15) is 0 Å². The van der Waals surface area contributed by atoms with E-state index in [0.29, 0.717) is 16.5 Å². The van der Waals surface area contributed by atoms with Crippen molar-refractivity contribution < 1.29 is 14.3 Å². The lowest BCUT2D eigenvalue weighted by Gasteiger charge is -2.00. The Morgan fingerprint density at radius 3 is 2.80 bits per heavy atom. The molecular weight excluding hydrogens is 263 g/mol. The maximum absolute atomic E-state index is 13.4. The maximum Gasteiger partial charge on any atom is 0.307 e. The molecule has 0 aromatic heterocycles. The summed E-state index contributed by atoms with van der Waals surface area (Å²) in [5.74, 6) is -1.36. The third kappa shape index (κ3) is 3.83. The molecule has 0 saturated heterocycles. The third-order valence-corrected chi connectivity index (χ3v) is 2.18. The first kappa shape index (κ1) is 11.9. The highest BCUT2D eigenvalue weighted by Crippen LogP contribution is 2.12. The van der Waals surface area contributed by atoms with Crippen LogP contribution in [0.3, 0.4) is 0 Å². The van der Waals surface area contributed by atoms with Gasteiger partial charge in [0.1, 0.15) is 5.82 Å². The highest BCUT2D eigenvalue weighted by molar-refractivity contribution is 9.09. The van der Waals surface area contributed by atoms with Crippen LogP contribution in [0.15, 0.2) is 24.3 Å². The van der Waals surface area contributed by atoms with Crippen molar-refractivity contribution in [1.82, 2.24) is 0 Å². The summed E-state index contributed by atoms with van der Waals surface area (Å²) in [6.45, 7) is 0. The average Bonchev–Trinajstić information content (AvgIpc) is 2.15. The van der Waals surface area contributed by atoms with E-state index in [4.69, 9.17) is 5.11 Å². The van der Waals surface area contributed by atoms with Crippen LogP contribution < -0.4 is 0 Å².